The number of nitrogens with one attached hydrogen (secondary N) is 3. The van der Waals surface area contributed by atoms with E-state index in [0.717, 1.165) is 57.4 Å². The number of rotatable bonds is 5. The predicted molar refractivity (Wildman–Crippen MR) is 132 cm³/mol. The smallest absolute Gasteiger partial charge is 0.224 e. The first-order valence-corrected chi connectivity index (χ1v) is 11.8. The summed E-state index contributed by atoms with van der Waals surface area (Å²) in [4.78, 5) is 29.3. The van der Waals surface area contributed by atoms with Crippen molar-refractivity contribution < 1.29 is 4.79 Å². The predicted octanol–water partition coefficient (Wildman–Crippen LogP) is 5.47. The summed E-state index contributed by atoms with van der Waals surface area (Å²) in [5.74, 6) is 0.550. The number of nitrogens with zero attached hydrogens (tertiary/aromatic N) is 4. The normalized spacial score (nSPS) is 14.6. The maximum absolute atomic E-state index is 12.6. The Morgan fingerprint density at radius 1 is 1.00 bits per heavy atom. The number of carbonyl (C=O) groups excluding carboxylic acids is 1. The fourth-order valence-electron chi connectivity index (χ4n) is 4.86. The Morgan fingerprint density at radius 3 is 2.79 bits per heavy atom. The fourth-order valence-corrected chi connectivity index (χ4v) is 4.86. The van der Waals surface area contributed by atoms with Gasteiger partial charge in [0.2, 0.25) is 5.91 Å². The molecule has 5 aromatic heterocycles. The third-order valence-electron chi connectivity index (χ3n) is 6.60. The minimum Gasteiger partial charge on any atom is -0.352 e. The molecule has 8 heteroatoms. The Morgan fingerprint density at radius 2 is 1.91 bits per heavy atom. The van der Waals surface area contributed by atoms with Gasteiger partial charge in [-0.25, -0.2) is 4.98 Å². The lowest BCUT2D eigenvalue weighted by Gasteiger charge is -2.20. The van der Waals surface area contributed by atoms with Crippen molar-refractivity contribution in [3.63, 3.8) is 0 Å². The van der Waals surface area contributed by atoms with Crippen LogP contribution in [0.3, 0.4) is 0 Å². The third kappa shape index (κ3) is 4.03. The Bertz CT molecular complexity index is 1450. The molecule has 0 aliphatic heterocycles. The summed E-state index contributed by atoms with van der Waals surface area (Å²) >= 11 is 0. The van der Waals surface area contributed by atoms with Crippen LogP contribution in [0.4, 0.5) is 5.69 Å². The molecule has 3 N–H and O–H groups in total. The zero-order valence-electron chi connectivity index (χ0n) is 18.7. The van der Waals surface area contributed by atoms with Gasteiger partial charge in [0.25, 0.3) is 0 Å². The zero-order chi connectivity index (χ0) is 22.9. The molecule has 1 amide bonds. The van der Waals surface area contributed by atoms with Crippen LogP contribution in [-0.4, -0.2) is 36.0 Å². The van der Waals surface area contributed by atoms with Gasteiger partial charge in [0.15, 0.2) is 0 Å². The van der Waals surface area contributed by atoms with Crippen LogP contribution in [-0.2, 0) is 4.79 Å². The molecule has 0 atom stereocenters. The highest BCUT2D eigenvalue weighted by Gasteiger charge is 2.18. The second-order valence-electron chi connectivity index (χ2n) is 9.03. The number of carbonyl (C=O) groups is 1. The zero-order valence-corrected chi connectivity index (χ0v) is 18.7. The van der Waals surface area contributed by atoms with E-state index in [0.29, 0.717) is 18.0 Å². The fraction of sp³-hybridized carbons (Fsp3) is 0.269. The first kappa shape index (κ1) is 20.5. The average molecular weight is 452 g/mol. The lowest BCUT2D eigenvalue weighted by atomic mass is 9.87. The van der Waals surface area contributed by atoms with E-state index in [1.807, 2.05) is 30.3 Å². The van der Waals surface area contributed by atoms with Gasteiger partial charge in [0, 0.05) is 29.8 Å². The molecule has 1 saturated carbocycles. The molecule has 0 aromatic carbocycles. The van der Waals surface area contributed by atoms with Gasteiger partial charge in [0.05, 0.1) is 40.5 Å². The van der Waals surface area contributed by atoms with Gasteiger partial charge in [-0.05, 0) is 49.1 Å². The minimum absolute atomic E-state index is 0.0553. The highest BCUT2D eigenvalue weighted by atomic mass is 16.1. The van der Waals surface area contributed by atoms with Gasteiger partial charge in [-0.1, -0.05) is 19.3 Å². The number of fused-ring (bicyclic) bond motifs is 2. The van der Waals surface area contributed by atoms with Crippen LogP contribution < -0.4 is 5.32 Å². The highest BCUT2D eigenvalue weighted by molar-refractivity contribution is 5.94. The lowest BCUT2D eigenvalue weighted by molar-refractivity contribution is -0.117. The average Bonchev–Trinajstić information content (AvgIpc) is 3.48. The lowest BCUT2D eigenvalue weighted by Crippen LogP contribution is -2.18. The van der Waals surface area contributed by atoms with Crippen molar-refractivity contribution >= 4 is 33.5 Å². The van der Waals surface area contributed by atoms with Crippen molar-refractivity contribution in [3.8, 4) is 22.6 Å². The summed E-state index contributed by atoms with van der Waals surface area (Å²) in [5.41, 5.74) is 6.48. The molecule has 8 nitrogen and oxygen atoms in total. The van der Waals surface area contributed by atoms with Crippen LogP contribution in [0.25, 0.3) is 44.6 Å². The van der Waals surface area contributed by atoms with Gasteiger partial charge in [-0.2, -0.15) is 5.10 Å². The summed E-state index contributed by atoms with van der Waals surface area (Å²) < 4.78 is 0. The standard InChI is InChI=1S/C26H25N7O/c34-24(10-16-4-2-1-3-5-16)29-19-11-18(13-28-14-19)20-6-7-21-25(31-20)26(33-32-21)22-12-17-8-9-27-15-23(17)30-22/h6-9,11-16,30H,1-5,10H2,(H,29,34)(H,32,33). The molecule has 0 bridgehead atoms. The largest absolute Gasteiger partial charge is 0.352 e. The van der Waals surface area contributed by atoms with Crippen molar-refractivity contribution in [2.45, 2.75) is 38.5 Å². The molecule has 1 aliphatic rings. The first-order chi connectivity index (χ1) is 16.7. The molecular formula is C26H25N7O. The van der Waals surface area contributed by atoms with Crippen molar-refractivity contribution in [1.82, 2.24) is 30.1 Å². The molecule has 0 unspecified atom stereocenters. The summed E-state index contributed by atoms with van der Waals surface area (Å²) in [6.45, 7) is 0. The van der Waals surface area contributed by atoms with E-state index in [2.05, 4.69) is 30.5 Å². The number of hydrogen-bond donors (Lipinski definition) is 3. The number of pyridine rings is 3. The van der Waals surface area contributed by atoms with Crippen molar-refractivity contribution in [3.05, 3.63) is 55.1 Å². The Balaban J connectivity index is 1.27. The number of aromatic nitrogens is 6. The Labute approximate surface area is 196 Å². The molecule has 5 aromatic rings. The van der Waals surface area contributed by atoms with E-state index < -0.39 is 0 Å². The molecule has 34 heavy (non-hydrogen) atoms. The highest BCUT2D eigenvalue weighted by Crippen LogP contribution is 2.30. The maximum Gasteiger partial charge on any atom is 0.224 e. The van der Waals surface area contributed by atoms with Crippen LogP contribution in [0, 0.1) is 5.92 Å². The van der Waals surface area contributed by atoms with Gasteiger partial charge < -0.3 is 10.3 Å². The van der Waals surface area contributed by atoms with Gasteiger partial charge in [-0.15, -0.1) is 0 Å². The molecule has 0 radical (unpaired) electrons. The Hall–Kier alpha value is -4.07. The van der Waals surface area contributed by atoms with E-state index >= 15 is 0 Å². The van der Waals surface area contributed by atoms with E-state index in [1.54, 1.807) is 24.8 Å². The molecule has 6 rings (SSSR count). The number of H-pyrrole nitrogens is 2. The van der Waals surface area contributed by atoms with E-state index in [9.17, 15) is 4.79 Å². The van der Waals surface area contributed by atoms with Crippen molar-refractivity contribution in [1.29, 1.82) is 0 Å². The van der Waals surface area contributed by atoms with Gasteiger partial charge in [-0.3, -0.25) is 19.9 Å². The monoisotopic (exact) mass is 451 g/mol. The quantitative estimate of drug-likeness (QED) is 0.328. The number of aromatic amines is 2. The van der Waals surface area contributed by atoms with E-state index in [4.69, 9.17) is 4.98 Å². The molecule has 1 fully saturated rings. The van der Waals surface area contributed by atoms with Gasteiger partial charge in [0.1, 0.15) is 11.2 Å². The number of amides is 1. The van der Waals surface area contributed by atoms with Crippen LogP contribution in [0.2, 0.25) is 0 Å². The molecule has 0 spiro atoms. The topological polar surface area (TPSA) is 112 Å². The second-order valence-corrected chi connectivity index (χ2v) is 9.03. The molecular weight excluding hydrogens is 426 g/mol. The molecule has 1 aliphatic carbocycles. The Kier molecular flexibility index (Phi) is 5.25. The van der Waals surface area contributed by atoms with Crippen LogP contribution in [0.5, 0.6) is 0 Å². The van der Waals surface area contributed by atoms with E-state index in [1.165, 1.54) is 19.3 Å². The maximum atomic E-state index is 12.6. The van der Waals surface area contributed by atoms with Crippen LogP contribution >= 0.6 is 0 Å². The minimum atomic E-state index is 0.0553. The molecule has 5 heterocycles. The van der Waals surface area contributed by atoms with Crippen molar-refractivity contribution in [2.24, 2.45) is 5.92 Å². The molecule has 0 saturated heterocycles. The SMILES string of the molecule is O=C(CC1CCCCC1)Nc1cncc(-c2ccc3[nH]nc(-c4cc5ccncc5[nH]4)c3n2)c1. The van der Waals surface area contributed by atoms with E-state index in [-0.39, 0.29) is 5.91 Å². The first-order valence-electron chi connectivity index (χ1n) is 11.8. The molecule has 170 valence electrons. The summed E-state index contributed by atoms with van der Waals surface area (Å²) in [6.07, 6.45) is 13.6. The number of hydrogen-bond acceptors (Lipinski definition) is 5. The van der Waals surface area contributed by atoms with Gasteiger partial charge >= 0.3 is 0 Å². The van der Waals surface area contributed by atoms with Crippen LogP contribution in [0.15, 0.2) is 55.1 Å². The second kappa shape index (κ2) is 8.70. The number of anilines is 1. The van der Waals surface area contributed by atoms with Crippen LogP contribution in [0.1, 0.15) is 38.5 Å². The summed E-state index contributed by atoms with van der Waals surface area (Å²) in [5, 5.41) is 11.7. The summed E-state index contributed by atoms with van der Waals surface area (Å²) in [7, 11) is 0. The third-order valence-corrected chi connectivity index (χ3v) is 6.60. The van der Waals surface area contributed by atoms with Crippen molar-refractivity contribution in [2.75, 3.05) is 5.32 Å². The summed E-state index contributed by atoms with van der Waals surface area (Å²) in [6, 6.07) is 9.83.